The quantitative estimate of drug-likeness (QED) is 0.612. The predicted molar refractivity (Wildman–Crippen MR) is 116 cm³/mol. The standard InChI is InChI=1S/C22H24F3N7O/c1-31-22(14(23)11-28-31)16-9-17(32-6-3-13(33)4-7-32)19-12(8-18(24)25)10-26-20(21(19)29-16)15-2-5-27-30-15/h2,5,9,11-13,18,33H,3-4,6-8,10H2,1H3,(H,27,30). The molecule has 3 aromatic rings. The van der Waals surface area contributed by atoms with Gasteiger partial charge in [0, 0.05) is 56.5 Å². The van der Waals surface area contributed by atoms with Crippen LogP contribution in [0.3, 0.4) is 0 Å². The third kappa shape index (κ3) is 4.01. The van der Waals surface area contributed by atoms with Gasteiger partial charge in [0.1, 0.15) is 11.4 Å². The van der Waals surface area contributed by atoms with Gasteiger partial charge in [0.2, 0.25) is 6.43 Å². The SMILES string of the molecule is Cn1ncc(F)c1-c1cc(N2CCC(O)CC2)c2c(n1)C(c1ccn[nH]1)=NCC2CC(F)F. The predicted octanol–water partition coefficient (Wildman–Crippen LogP) is 2.90. The second-order valence-electron chi connectivity index (χ2n) is 8.46. The number of pyridine rings is 1. The van der Waals surface area contributed by atoms with Crippen LogP contribution in [0.15, 0.2) is 29.5 Å². The number of aromatic amines is 1. The summed E-state index contributed by atoms with van der Waals surface area (Å²) in [7, 11) is 1.62. The van der Waals surface area contributed by atoms with Gasteiger partial charge in [-0.05, 0) is 25.0 Å². The number of alkyl halides is 2. The molecule has 1 atom stereocenters. The third-order valence-electron chi connectivity index (χ3n) is 6.30. The Bertz CT molecular complexity index is 1150. The molecule has 0 aliphatic carbocycles. The molecule has 5 rings (SSSR count). The van der Waals surface area contributed by atoms with E-state index in [0.29, 0.717) is 54.3 Å². The van der Waals surface area contributed by atoms with Crippen LogP contribution in [0.25, 0.3) is 11.4 Å². The molecule has 1 saturated heterocycles. The number of anilines is 1. The number of hydrogen-bond acceptors (Lipinski definition) is 6. The largest absolute Gasteiger partial charge is 0.393 e. The van der Waals surface area contributed by atoms with Gasteiger partial charge in [-0.15, -0.1) is 0 Å². The van der Waals surface area contributed by atoms with Crippen LogP contribution in [0.4, 0.5) is 18.9 Å². The number of nitrogens with one attached hydrogen (secondary N) is 1. The van der Waals surface area contributed by atoms with Gasteiger partial charge < -0.3 is 10.0 Å². The van der Waals surface area contributed by atoms with Crippen molar-refractivity contribution in [3.8, 4) is 11.4 Å². The number of aryl methyl sites for hydroxylation is 1. The van der Waals surface area contributed by atoms with E-state index in [9.17, 15) is 18.3 Å². The van der Waals surface area contributed by atoms with Crippen LogP contribution in [0.2, 0.25) is 0 Å². The van der Waals surface area contributed by atoms with Crippen LogP contribution in [0, 0.1) is 5.82 Å². The highest BCUT2D eigenvalue weighted by Crippen LogP contribution is 2.41. The molecule has 0 radical (unpaired) electrons. The summed E-state index contributed by atoms with van der Waals surface area (Å²) in [5.74, 6) is -1.06. The molecule has 5 heterocycles. The minimum Gasteiger partial charge on any atom is -0.393 e. The lowest BCUT2D eigenvalue weighted by Crippen LogP contribution is -2.37. The molecule has 1 fully saturated rings. The fourth-order valence-electron chi connectivity index (χ4n) is 4.69. The normalized spacial score (nSPS) is 19.2. The Balaban J connectivity index is 1.74. The van der Waals surface area contributed by atoms with Crippen LogP contribution in [0.5, 0.6) is 0 Å². The Morgan fingerprint density at radius 3 is 2.70 bits per heavy atom. The first kappa shape index (κ1) is 21.6. The Morgan fingerprint density at radius 1 is 1.27 bits per heavy atom. The molecule has 0 amide bonds. The topological polar surface area (TPSA) is 95.2 Å². The number of aliphatic hydroxyl groups excluding tert-OH is 1. The van der Waals surface area contributed by atoms with Crippen LogP contribution in [-0.4, -0.2) is 67.9 Å². The first-order valence-corrected chi connectivity index (χ1v) is 10.9. The van der Waals surface area contributed by atoms with Crippen LogP contribution in [0.1, 0.15) is 42.1 Å². The lowest BCUT2D eigenvalue weighted by atomic mass is 9.86. The van der Waals surface area contributed by atoms with E-state index in [4.69, 9.17) is 4.98 Å². The van der Waals surface area contributed by atoms with Crippen molar-refractivity contribution in [3.63, 3.8) is 0 Å². The average Bonchev–Trinajstić information content (AvgIpc) is 3.43. The number of aliphatic imine (C=N–C) groups is 1. The zero-order valence-corrected chi connectivity index (χ0v) is 18.0. The zero-order chi connectivity index (χ0) is 23.1. The lowest BCUT2D eigenvalue weighted by Gasteiger charge is -2.36. The average molecular weight is 459 g/mol. The highest BCUT2D eigenvalue weighted by molar-refractivity contribution is 6.13. The van der Waals surface area contributed by atoms with E-state index in [-0.39, 0.29) is 18.7 Å². The van der Waals surface area contributed by atoms with Crippen molar-refractivity contribution in [3.05, 3.63) is 47.3 Å². The van der Waals surface area contributed by atoms with Crippen molar-refractivity contribution in [2.24, 2.45) is 12.0 Å². The fourth-order valence-corrected chi connectivity index (χ4v) is 4.69. The van der Waals surface area contributed by atoms with Gasteiger partial charge in [-0.3, -0.25) is 14.8 Å². The molecule has 8 nitrogen and oxygen atoms in total. The van der Waals surface area contributed by atoms with Gasteiger partial charge in [0.05, 0.1) is 29.4 Å². The summed E-state index contributed by atoms with van der Waals surface area (Å²) in [5.41, 5.74) is 3.51. The summed E-state index contributed by atoms with van der Waals surface area (Å²) in [4.78, 5) is 11.4. The van der Waals surface area contributed by atoms with Crippen LogP contribution < -0.4 is 4.90 Å². The van der Waals surface area contributed by atoms with Crippen molar-refractivity contribution in [1.29, 1.82) is 0 Å². The molecular weight excluding hydrogens is 435 g/mol. The number of aromatic nitrogens is 5. The first-order chi connectivity index (χ1) is 15.9. The smallest absolute Gasteiger partial charge is 0.239 e. The second kappa shape index (κ2) is 8.62. The maximum Gasteiger partial charge on any atom is 0.239 e. The number of H-pyrrole nitrogens is 1. The van der Waals surface area contributed by atoms with Gasteiger partial charge in [0.25, 0.3) is 0 Å². The Kier molecular flexibility index (Phi) is 5.65. The summed E-state index contributed by atoms with van der Waals surface area (Å²) in [6, 6.07) is 3.50. The van der Waals surface area contributed by atoms with E-state index in [1.807, 2.05) is 0 Å². The number of fused-ring (bicyclic) bond motifs is 1. The summed E-state index contributed by atoms with van der Waals surface area (Å²) >= 11 is 0. The van der Waals surface area contributed by atoms with E-state index >= 15 is 0 Å². The van der Waals surface area contributed by atoms with Crippen LogP contribution in [-0.2, 0) is 7.05 Å². The molecule has 0 aromatic carbocycles. The second-order valence-corrected chi connectivity index (χ2v) is 8.46. The van der Waals surface area contributed by atoms with E-state index < -0.39 is 24.3 Å². The molecule has 33 heavy (non-hydrogen) atoms. The Labute approximate surface area is 188 Å². The minimum absolute atomic E-state index is 0.191. The molecule has 11 heteroatoms. The molecule has 0 bridgehead atoms. The van der Waals surface area contributed by atoms with Gasteiger partial charge in [-0.2, -0.15) is 10.2 Å². The Morgan fingerprint density at radius 2 is 2.06 bits per heavy atom. The molecule has 2 aliphatic rings. The van der Waals surface area contributed by atoms with Gasteiger partial charge in [0.15, 0.2) is 5.82 Å². The molecule has 2 N–H and O–H groups in total. The number of halogens is 3. The van der Waals surface area contributed by atoms with Crippen LogP contribution >= 0.6 is 0 Å². The lowest BCUT2D eigenvalue weighted by molar-refractivity contribution is 0.128. The number of piperidine rings is 1. The van der Waals surface area contributed by atoms with E-state index in [2.05, 4.69) is 25.2 Å². The summed E-state index contributed by atoms with van der Waals surface area (Å²) < 4.78 is 43.1. The van der Waals surface area contributed by atoms with Crippen molar-refractivity contribution in [2.75, 3.05) is 24.5 Å². The van der Waals surface area contributed by atoms with Gasteiger partial charge in [-0.1, -0.05) is 0 Å². The molecule has 3 aromatic heterocycles. The third-order valence-corrected chi connectivity index (χ3v) is 6.30. The van der Waals surface area contributed by atoms with E-state index in [1.54, 1.807) is 25.4 Å². The van der Waals surface area contributed by atoms with Crippen molar-refractivity contribution >= 4 is 11.4 Å². The van der Waals surface area contributed by atoms with Gasteiger partial charge in [-0.25, -0.2) is 18.2 Å². The van der Waals surface area contributed by atoms with Crippen molar-refractivity contribution in [1.82, 2.24) is 25.0 Å². The summed E-state index contributed by atoms with van der Waals surface area (Å²) in [5, 5.41) is 20.9. The van der Waals surface area contributed by atoms with E-state index in [1.165, 1.54) is 4.68 Å². The summed E-state index contributed by atoms with van der Waals surface area (Å²) in [6.07, 6.45) is 0.583. The molecule has 1 unspecified atom stereocenters. The first-order valence-electron chi connectivity index (χ1n) is 10.9. The Hall–Kier alpha value is -3.21. The summed E-state index contributed by atoms with van der Waals surface area (Å²) in [6.45, 7) is 1.31. The number of nitrogens with zero attached hydrogens (tertiary/aromatic N) is 6. The molecule has 174 valence electrons. The maximum absolute atomic E-state index is 14.7. The number of hydrogen-bond donors (Lipinski definition) is 2. The van der Waals surface area contributed by atoms with Gasteiger partial charge >= 0.3 is 0 Å². The van der Waals surface area contributed by atoms with Crippen molar-refractivity contribution in [2.45, 2.75) is 37.7 Å². The number of aliphatic hydroxyl groups is 1. The zero-order valence-electron chi connectivity index (χ0n) is 18.0. The number of rotatable bonds is 5. The minimum atomic E-state index is -2.50. The van der Waals surface area contributed by atoms with Crippen molar-refractivity contribution < 1.29 is 18.3 Å². The highest BCUT2D eigenvalue weighted by Gasteiger charge is 2.34. The van der Waals surface area contributed by atoms with E-state index in [0.717, 1.165) is 11.9 Å². The fraction of sp³-hybridized carbons (Fsp3) is 0.455. The monoisotopic (exact) mass is 459 g/mol. The molecular formula is C22H24F3N7O. The maximum atomic E-state index is 14.7. The molecule has 0 spiro atoms. The molecule has 2 aliphatic heterocycles. The highest BCUT2D eigenvalue weighted by atomic mass is 19.3. The molecule has 0 saturated carbocycles.